The third-order valence-electron chi connectivity index (χ3n) is 4.40. The van der Waals surface area contributed by atoms with Gasteiger partial charge in [-0.3, -0.25) is 4.79 Å². The first-order chi connectivity index (χ1) is 11.9. The minimum Gasteiger partial charge on any atom is -0.497 e. The molecular weight excluding hydrogens is 318 g/mol. The molecular formula is C19H25N3O3. The van der Waals surface area contributed by atoms with Crippen molar-refractivity contribution < 1.29 is 14.1 Å². The number of ether oxygens (including phenoxy) is 1. The van der Waals surface area contributed by atoms with Crippen molar-refractivity contribution in [2.75, 3.05) is 18.6 Å². The summed E-state index contributed by atoms with van der Waals surface area (Å²) in [4.78, 5) is 19.0. The average molecular weight is 343 g/mol. The zero-order valence-electron chi connectivity index (χ0n) is 15.3. The Balaban J connectivity index is 1.67. The minimum absolute atomic E-state index is 0.0848. The van der Waals surface area contributed by atoms with Gasteiger partial charge in [0.15, 0.2) is 5.82 Å². The predicted octanol–water partition coefficient (Wildman–Crippen LogP) is 3.29. The van der Waals surface area contributed by atoms with Crippen LogP contribution in [0.4, 0.5) is 5.69 Å². The number of carbonyl (C=O) groups is 1. The summed E-state index contributed by atoms with van der Waals surface area (Å²) in [7, 11) is 1.66. The van der Waals surface area contributed by atoms with Crippen LogP contribution in [-0.2, 0) is 23.1 Å². The first-order valence-corrected chi connectivity index (χ1v) is 8.69. The average Bonchev–Trinajstić information content (AvgIpc) is 3.08. The van der Waals surface area contributed by atoms with E-state index in [1.54, 1.807) is 7.11 Å². The lowest BCUT2D eigenvalue weighted by Gasteiger charge is -2.29. The van der Waals surface area contributed by atoms with E-state index in [-0.39, 0.29) is 11.3 Å². The first kappa shape index (κ1) is 17.5. The second-order valence-electron chi connectivity index (χ2n) is 7.41. The van der Waals surface area contributed by atoms with Gasteiger partial charge < -0.3 is 14.2 Å². The number of amides is 1. The summed E-state index contributed by atoms with van der Waals surface area (Å²) in [6.07, 6.45) is 2.75. The van der Waals surface area contributed by atoms with E-state index in [0.29, 0.717) is 24.6 Å². The van der Waals surface area contributed by atoms with Crippen molar-refractivity contribution in [3.05, 3.63) is 35.5 Å². The van der Waals surface area contributed by atoms with E-state index in [1.807, 2.05) is 43.9 Å². The van der Waals surface area contributed by atoms with Gasteiger partial charge >= 0.3 is 0 Å². The van der Waals surface area contributed by atoms with Gasteiger partial charge in [-0.25, -0.2) is 0 Å². The molecule has 2 aromatic rings. The van der Waals surface area contributed by atoms with Gasteiger partial charge in [0.2, 0.25) is 11.8 Å². The number of rotatable bonds is 4. The quantitative estimate of drug-likeness (QED) is 0.852. The van der Waals surface area contributed by atoms with E-state index in [4.69, 9.17) is 9.26 Å². The van der Waals surface area contributed by atoms with Gasteiger partial charge in [0.25, 0.3) is 0 Å². The molecule has 3 rings (SSSR count). The fourth-order valence-electron chi connectivity index (χ4n) is 2.97. The number of hydrogen-bond acceptors (Lipinski definition) is 5. The number of benzene rings is 1. The highest BCUT2D eigenvalue weighted by Gasteiger charge is 2.24. The van der Waals surface area contributed by atoms with E-state index in [2.05, 4.69) is 10.1 Å². The van der Waals surface area contributed by atoms with Gasteiger partial charge in [0.1, 0.15) is 5.75 Å². The summed E-state index contributed by atoms with van der Waals surface area (Å²) in [6.45, 7) is 6.85. The standard InChI is InChI=1S/C19H25N3O3/c1-19(2,3)18-20-16(25-21-18)9-10-17(23)22-11-5-6-13-12-14(24-4)7-8-15(13)22/h7-8,12H,5-6,9-11H2,1-4H3. The highest BCUT2D eigenvalue weighted by molar-refractivity contribution is 5.94. The van der Waals surface area contributed by atoms with Crippen molar-refractivity contribution in [3.8, 4) is 5.75 Å². The van der Waals surface area contributed by atoms with E-state index in [9.17, 15) is 4.79 Å². The van der Waals surface area contributed by atoms with Crippen molar-refractivity contribution in [1.29, 1.82) is 0 Å². The minimum atomic E-state index is -0.156. The van der Waals surface area contributed by atoms with E-state index >= 15 is 0 Å². The molecule has 0 saturated carbocycles. The lowest BCUT2D eigenvalue weighted by molar-refractivity contribution is -0.118. The maximum atomic E-state index is 12.7. The fourth-order valence-corrected chi connectivity index (χ4v) is 2.97. The molecule has 0 N–H and O–H groups in total. The molecule has 6 heteroatoms. The molecule has 1 aromatic heterocycles. The number of aryl methyl sites for hydroxylation is 2. The van der Waals surface area contributed by atoms with Gasteiger partial charge in [-0.05, 0) is 36.6 Å². The summed E-state index contributed by atoms with van der Waals surface area (Å²) in [5, 5.41) is 4.01. The zero-order valence-corrected chi connectivity index (χ0v) is 15.3. The van der Waals surface area contributed by atoms with Crippen molar-refractivity contribution in [1.82, 2.24) is 10.1 Å². The summed E-state index contributed by atoms with van der Waals surface area (Å²) < 4.78 is 10.6. The SMILES string of the molecule is COc1ccc2c(c1)CCCN2C(=O)CCc1nc(C(C)(C)C)no1. The number of nitrogens with zero attached hydrogens (tertiary/aromatic N) is 3. The van der Waals surface area contributed by atoms with Gasteiger partial charge in [-0.1, -0.05) is 25.9 Å². The Kier molecular flexibility index (Phi) is 4.79. The Morgan fingerprint density at radius 1 is 1.36 bits per heavy atom. The first-order valence-electron chi connectivity index (χ1n) is 8.69. The fraction of sp³-hybridized carbons (Fsp3) is 0.526. The highest BCUT2D eigenvalue weighted by atomic mass is 16.5. The third-order valence-corrected chi connectivity index (χ3v) is 4.40. The topological polar surface area (TPSA) is 68.5 Å². The number of fused-ring (bicyclic) bond motifs is 1. The van der Waals surface area contributed by atoms with Crippen LogP contribution < -0.4 is 9.64 Å². The Morgan fingerprint density at radius 3 is 2.84 bits per heavy atom. The molecule has 134 valence electrons. The summed E-state index contributed by atoms with van der Waals surface area (Å²) in [6, 6.07) is 5.88. The predicted molar refractivity (Wildman–Crippen MR) is 95.0 cm³/mol. The normalized spacial score (nSPS) is 14.3. The number of anilines is 1. The molecule has 1 aromatic carbocycles. The van der Waals surface area contributed by atoms with Crippen molar-refractivity contribution in [3.63, 3.8) is 0 Å². The molecule has 6 nitrogen and oxygen atoms in total. The Labute approximate surface area is 148 Å². The molecule has 0 spiro atoms. The Hall–Kier alpha value is -2.37. The smallest absolute Gasteiger partial charge is 0.227 e. The zero-order chi connectivity index (χ0) is 18.0. The Morgan fingerprint density at radius 2 is 2.16 bits per heavy atom. The maximum absolute atomic E-state index is 12.7. The van der Waals surface area contributed by atoms with Crippen LogP contribution in [0.25, 0.3) is 0 Å². The molecule has 1 amide bonds. The summed E-state index contributed by atoms with van der Waals surface area (Å²) >= 11 is 0. The number of hydrogen-bond donors (Lipinski definition) is 0. The lowest BCUT2D eigenvalue weighted by atomic mass is 9.96. The van der Waals surface area contributed by atoms with Gasteiger partial charge in [-0.15, -0.1) is 0 Å². The van der Waals surface area contributed by atoms with Crippen LogP contribution >= 0.6 is 0 Å². The molecule has 1 aliphatic rings. The molecule has 0 bridgehead atoms. The molecule has 0 unspecified atom stereocenters. The van der Waals surface area contributed by atoms with Crippen molar-refractivity contribution in [2.24, 2.45) is 0 Å². The number of aromatic nitrogens is 2. The van der Waals surface area contributed by atoms with E-state index in [0.717, 1.165) is 36.4 Å². The molecule has 0 saturated heterocycles. The second kappa shape index (κ2) is 6.86. The number of methoxy groups -OCH3 is 1. The molecule has 1 aliphatic heterocycles. The second-order valence-corrected chi connectivity index (χ2v) is 7.41. The van der Waals surface area contributed by atoms with E-state index in [1.165, 1.54) is 0 Å². The summed E-state index contributed by atoms with van der Waals surface area (Å²) in [5.41, 5.74) is 1.99. The van der Waals surface area contributed by atoms with Crippen LogP contribution in [0.1, 0.15) is 50.9 Å². The van der Waals surface area contributed by atoms with Crippen molar-refractivity contribution >= 4 is 11.6 Å². The lowest BCUT2D eigenvalue weighted by Crippen LogP contribution is -2.35. The van der Waals surface area contributed by atoms with Gasteiger partial charge in [0, 0.05) is 30.5 Å². The third kappa shape index (κ3) is 3.83. The van der Waals surface area contributed by atoms with Crippen LogP contribution in [0, 0.1) is 0 Å². The van der Waals surface area contributed by atoms with E-state index < -0.39 is 0 Å². The Bertz CT molecular complexity index is 762. The van der Waals surface area contributed by atoms with Crippen LogP contribution in [0.15, 0.2) is 22.7 Å². The molecule has 0 radical (unpaired) electrons. The van der Waals surface area contributed by atoms with Crippen LogP contribution in [0.5, 0.6) is 5.75 Å². The molecule has 0 atom stereocenters. The van der Waals surface area contributed by atoms with Crippen LogP contribution in [0.2, 0.25) is 0 Å². The molecule has 0 aliphatic carbocycles. The van der Waals surface area contributed by atoms with Crippen molar-refractivity contribution in [2.45, 2.75) is 51.9 Å². The number of carbonyl (C=O) groups excluding carboxylic acids is 1. The van der Waals surface area contributed by atoms with Gasteiger partial charge in [0.05, 0.1) is 7.11 Å². The molecule has 2 heterocycles. The van der Waals surface area contributed by atoms with Crippen LogP contribution in [-0.4, -0.2) is 29.7 Å². The highest BCUT2D eigenvalue weighted by Crippen LogP contribution is 2.31. The largest absolute Gasteiger partial charge is 0.497 e. The summed E-state index contributed by atoms with van der Waals surface area (Å²) in [5.74, 6) is 2.10. The van der Waals surface area contributed by atoms with Gasteiger partial charge in [-0.2, -0.15) is 4.98 Å². The maximum Gasteiger partial charge on any atom is 0.227 e. The monoisotopic (exact) mass is 343 g/mol. The molecule has 0 fully saturated rings. The molecule has 25 heavy (non-hydrogen) atoms. The van der Waals surface area contributed by atoms with Crippen LogP contribution in [0.3, 0.4) is 0 Å².